The Labute approximate surface area is 184 Å². The second-order valence-corrected chi connectivity index (χ2v) is 7.42. The van der Waals surface area contributed by atoms with Crippen LogP contribution in [0.2, 0.25) is 0 Å². The maximum absolute atomic E-state index is 13.1. The average Bonchev–Trinajstić information content (AvgIpc) is 3.32. The van der Waals surface area contributed by atoms with E-state index in [1.54, 1.807) is 27.1 Å². The van der Waals surface area contributed by atoms with Gasteiger partial charge in [0.15, 0.2) is 5.84 Å². The van der Waals surface area contributed by atoms with Crippen LogP contribution >= 0.6 is 0 Å². The molecule has 0 bridgehead atoms. The van der Waals surface area contributed by atoms with E-state index in [0.29, 0.717) is 17.7 Å². The summed E-state index contributed by atoms with van der Waals surface area (Å²) in [7, 11) is 1.63. The molecule has 1 aromatic carbocycles. The van der Waals surface area contributed by atoms with E-state index in [-0.39, 0.29) is 24.1 Å². The van der Waals surface area contributed by atoms with Gasteiger partial charge in [0, 0.05) is 30.6 Å². The molecule has 0 saturated carbocycles. The van der Waals surface area contributed by atoms with Crippen LogP contribution in [0.4, 0.5) is 26.3 Å². The van der Waals surface area contributed by atoms with Crippen LogP contribution in [0, 0.1) is 0 Å². The van der Waals surface area contributed by atoms with Gasteiger partial charge in [0.2, 0.25) is 0 Å². The van der Waals surface area contributed by atoms with Gasteiger partial charge >= 0.3 is 18.3 Å². The predicted molar refractivity (Wildman–Crippen MR) is 105 cm³/mol. The molecule has 0 atom stereocenters. The Balaban J connectivity index is 2.00. The highest BCUT2D eigenvalue weighted by molar-refractivity contribution is 6.16. The highest BCUT2D eigenvalue weighted by Gasteiger charge is 2.37. The smallest absolute Gasteiger partial charge is 0.416 e. The molecule has 2 aromatic rings. The number of aryl methyl sites for hydroxylation is 1. The molecule has 1 aromatic heterocycles. The molecule has 0 spiro atoms. The van der Waals surface area contributed by atoms with Crippen molar-refractivity contribution < 1.29 is 35.9 Å². The van der Waals surface area contributed by atoms with Crippen molar-refractivity contribution in [2.24, 2.45) is 12.1 Å². The monoisotopic (exact) mass is 475 g/mol. The lowest BCUT2D eigenvalue weighted by molar-refractivity contribution is -0.143. The first kappa shape index (κ1) is 24.1. The summed E-state index contributed by atoms with van der Waals surface area (Å²) in [6, 6.07) is 1.19. The first-order valence-corrected chi connectivity index (χ1v) is 9.55. The van der Waals surface area contributed by atoms with Gasteiger partial charge < -0.3 is 10.1 Å². The maximum atomic E-state index is 13.1. The highest BCUT2D eigenvalue weighted by atomic mass is 19.4. The molecule has 33 heavy (non-hydrogen) atoms. The van der Waals surface area contributed by atoms with Crippen molar-refractivity contribution in [1.82, 2.24) is 20.1 Å². The molecule has 0 unspecified atom stereocenters. The third-order valence-corrected chi connectivity index (χ3v) is 4.35. The number of amidine groups is 1. The number of alkyl halides is 6. The second kappa shape index (κ2) is 8.79. The van der Waals surface area contributed by atoms with E-state index < -0.39 is 41.1 Å². The number of nitrogens with zero attached hydrogens (tertiary/aromatic N) is 4. The number of carbonyl (C=O) groups excluding carboxylic acids is 1. The number of hydrogen-bond acceptors (Lipinski definition) is 6. The first-order valence-electron chi connectivity index (χ1n) is 9.55. The lowest BCUT2D eigenvalue weighted by Crippen LogP contribution is -2.24. The summed E-state index contributed by atoms with van der Waals surface area (Å²) in [4.78, 5) is 12.5. The highest BCUT2D eigenvalue weighted by Crippen LogP contribution is 2.36. The molecule has 0 fully saturated rings. The van der Waals surface area contributed by atoms with Crippen LogP contribution in [0.5, 0.6) is 0 Å². The number of aromatic nitrogens is 2. The number of hydrogen-bond donors (Lipinski definition) is 1. The van der Waals surface area contributed by atoms with Crippen LogP contribution in [-0.4, -0.2) is 39.4 Å². The van der Waals surface area contributed by atoms with Crippen molar-refractivity contribution in [3.05, 3.63) is 59.0 Å². The minimum atomic E-state index is -4.98. The van der Waals surface area contributed by atoms with E-state index in [2.05, 4.69) is 15.5 Å². The van der Waals surface area contributed by atoms with Crippen LogP contribution in [0.15, 0.2) is 41.9 Å². The van der Waals surface area contributed by atoms with Crippen molar-refractivity contribution in [1.29, 1.82) is 0 Å². The number of esters is 1. The molecule has 178 valence electrons. The van der Waals surface area contributed by atoms with Crippen molar-refractivity contribution in [3.63, 3.8) is 0 Å². The minimum Gasteiger partial charge on any atom is -0.459 e. The molecular formula is C20H19F6N5O2. The van der Waals surface area contributed by atoms with Gasteiger partial charge in [0.25, 0.3) is 0 Å². The van der Waals surface area contributed by atoms with E-state index in [4.69, 9.17) is 4.74 Å². The molecule has 3 rings (SSSR count). The van der Waals surface area contributed by atoms with Gasteiger partial charge in [-0.15, -0.1) is 0 Å². The van der Waals surface area contributed by atoms with Crippen LogP contribution in [-0.2, 0) is 28.9 Å². The van der Waals surface area contributed by atoms with Gasteiger partial charge in [-0.25, -0.2) is 4.79 Å². The largest absolute Gasteiger partial charge is 0.459 e. The third kappa shape index (κ3) is 5.84. The number of nitrogens with one attached hydrogen (secondary N) is 1. The lowest BCUT2D eigenvalue weighted by Gasteiger charge is -2.14. The molecule has 7 nitrogen and oxygen atoms in total. The van der Waals surface area contributed by atoms with Crippen LogP contribution < -0.4 is 5.32 Å². The third-order valence-electron chi connectivity index (χ3n) is 4.35. The van der Waals surface area contributed by atoms with E-state index in [0.717, 1.165) is 0 Å². The standard InChI is InChI=1S/C20H19F6N5O2/c1-11(2)33-18(32)16(13-7-28-30(3)8-13)9-31-10-27-17(29-31)12-4-14(19(21,22)23)6-15(5-12)20(24,25)26/h4-9,11H,10H2,1-3H3,(H,27,29)/b16-9+. The van der Waals surface area contributed by atoms with Gasteiger partial charge in [-0.3, -0.25) is 9.69 Å². The summed E-state index contributed by atoms with van der Waals surface area (Å²) in [6.45, 7) is 3.20. The molecule has 1 aliphatic rings. The van der Waals surface area contributed by atoms with Gasteiger partial charge in [0.05, 0.1) is 29.0 Å². The van der Waals surface area contributed by atoms with Crippen molar-refractivity contribution >= 4 is 17.4 Å². The van der Waals surface area contributed by atoms with Crippen molar-refractivity contribution in [3.8, 4) is 0 Å². The zero-order valence-corrected chi connectivity index (χ0v) is 17.6. The molecule has 0 aliphatic carbocycles. The van der Waals surface area contributed by atoms with Crippen LogP contribution in [0.3, 0.4) is 0 Å². The first-order chi connectivity index (χ1) is 15.2. The van der Waals surface area contributed by atoms with Crippen molar-refractivity contribution in [2.45, 2.75) is 32.3 Å². The summed E-state index contributed by atoms with van der Waals surface area (Å²) in [5, 5.41) is 11.8. The average molecular weight is 475 g/mol. The number of ether oxygens (including phenoxy) is 1. The van der Waals surface area contributed by atoms with Crippen LogP contribution in [0.25, 0.3) is 5.57 Å². The summed E-state index contributed by atoms with van der Waals surface area (Å²) in [6.07, 6.45) is -6.17. The van der Waals surface area contributed by atoms with E-state index in [9.17, 15) is 31.1 Å². The Morgan fingerprint density at radius 3 is 2.21 bits per heavy atom. The number of rotatable bonds is 5. The fourth-order valence-electron chi connectivity index (χ4n) is 2.91. The maximum Gasteiger partial charge on any atom is 0.416 e. The summed E-state index contributed by atoms with van der Waals surface area (Å²) in [5.74, 6) is -0.911. The normalized spacial score (nSPS) is 15.0. The molecular weight excluding hydrogens is 456 g/mol. The summed E-state index contributed by atoms with van der Waals surface area (Å²) in [5.41, 5.74) is -2.86. The number of hydrazone groups is 1. The van der Waals surface area contributed by atoms with Gasteiger partial charge in [0.1, 0.15) is 6.67 Å². The van der Waals surface area contributed by atoms with Gasteiger partial charge in [-0.05, 0) is 32.0 Å². The SMILES string of the molecule is CC(C)OC(=O)/C(=C/N1CNC(c2cc(C(F)(F)F)cc(C(F)(F)F)c2)=N1)c1cnn(C)c1. The topological polar surface area (TPSA) is 71.8 Å². The van der Waals surface area contributed by atoms with E-state index in [1.807, 2.05) is 0 Å². The molecule has 1 N–H and O–H groups in total. The zero-order valence-electron chi connectivity index (χ0n) is 17.6. The van der Waals surface area contributed by atoms with Gasteiger partial charge in [-0.1, -0.05) is 0 Å². The number of benzene rings is 1. The predicted octanol–water partition coefficient (Wildman–Crippen LogP) is 3.97. The van der Waals surface area contributed by atoms with E-state index >= 15 is 0 Å². The zero-order chi connectivity index (χ0) is 24.6. The fourth-order valence-corrected chi connectivity index (χ4v) is 2.91. The molecule has 1 aliphatic heterocycles. The number of halogens is 6. The molecule has 2 heterocycles. The Bertz CT molecular complexity index is 1070. The summed E-state index contributed by atoms with van der Waals surface area (Å²) < 4.78 is 85.5. The quantitative estimate of drug-likeness (QED) is 0.403. The van der Waals surface area contributed by atoms with Crippen molar-refractivity contribution in [2.75, 3.05) is 6.67 Å². The number of carbonyl (C=O) groups is 1. The Kier molecular flexibility index (Phi) is 6.43. The Hall–Kier alpha value is -3.51. The lowest BCUT2D eigenvalue weighted by atomic mass is 10.0. The van der Waals surface area contributed by atoms with E-state index in [1.165, 1.54) is 22.1 Å². The Morgan fingerprint density at radius 1 is 1.12 bits per heavy atom. The van der Waals surface area contributed by atoms with Gasteiger partial charge in [-0.2, -0.15) is 36.5 Å². The van der Waals surface area contributed by atoms with Crippen LogP contribution in [0.1, 0.15) is 36.1 Å². The summed E-state index contributed by atoms with van der Waals surface area (Å²) >= 11 is 0. The molecule has 13 heteroatoms. The second-order valence-electron chi connectivity index (χ2n) is 7.42. The fraction of sp³-hybridized carbons (Fsp3) is 0.350. The Morgan fingerprint density at radius 2 is 1.73 bits per heavy atom. The molecule has 0 radical (unpaired) electrons. The molecule has 0 amide bonds. The minimum absolute atomic E-state index is 0.0408. The molecule has 0 saturated heterocycles.